The number of benzene rings is 2. The third-order valence-corrected chi connectivity index (χ3v) is 4.95. The topological polar surface area (TPSA) is 0 Å². The van der Waals surface area contributed by atoms with Crippen LogP contribution in [0, 0.1) is 6.92 Å². The van der Waals surface area contributed by atoms with Gasteiger partial charge in [0.25, 0.3) is 0 Å². The number of hydrogen-bond donors (Lipinski definition) is 0. The smallest absolute Gasteiger partial charge is 0.0449 e. The predicted molar refractivity (Wildman–Crippen MR) is 93.9 cm³/mol. The van der Waals surface area contributed by atoms with Crippen LogP contribution in [0.4, 0.5) is 0 Å². The van der Waals surface area contributed by atoms with Crippen LogP contribution in [0.2, 0.25) is 10.0 Å². The Kier molecular flexibility index (Phi) is 4.70. The predicted octanol–water partition coefficient (Wildman–Crippen LogP) is 6.75. The van der Waals surface area contributed by atoms with Gasteiger partial charge in [0, 0.05) is 15.5 Å². The molecule has 2 heteroatoms. The maximum atomic E-state index is 6.55. The Bertz CT molecular complexity index is 655. The minimum atomic E-state index is -0.151. The summed E-state index contributed by atoms with van der Waals surface area (Å²) in [5.41, 5.74) is 4.59. The van der Waals surface area contributed by atoms with Gasteiger partial charge in [0.2, 0.25) is 0 Å². The van der Waals surface area contributed by atoms with Crippen LogP contribution in [-0.2, 0) is 5.41 Å². The highest BCUT2D eigenvalue weighted by Crippen LogP contribution is 2.38. The first kappa shape index (κ1) is 16.4. The normalized spacial score (nSPS) is 12.0. The van der Waals surface area contributed by atoms with E-state index in [1.807, 2.05) is 13.0 Å². The maximum Gasteiger partial charge on any atom is 0.0449 e. The summed E-state index contributed by atoms with van der Waals surface area (Å²) >= 11 is 12.7. The zero-order valence-electron chi connectivity index (χ0n) is 13.3. The minimum Gasteiger partial charge on any atom is -0.0841 e. The van der Waals surface area contributed by atoms with Gasteiger partial charge in [-0.15, -0.1) is 0 Å². The van der Waals surface area contributed by atoms with Crippen molar-refractivity contribution < 1.29 is 0 Å². The lowest BCUT2D eigenvalue weighted by Crippen LogP contribution is -2.19. The van der Waals surface area contributed by atoms with Gasteiger partial charge in [-0.3, -0.25) is 0 Å². The van der Waals surface area contributed by atoms with Crippen LogP contribution in [-0.4, -0.2) is 0 Å². The van der Waals surface area contributed by atoms with Crippen molar-refractivity contribution in [2.75, 3.05) is 0 Å². The Morgan fingerprint density at radius 3 is 2.10 bits per heavy atom. The fourth-order valence-electron chi connectivity index (χ4n) is 2.59. The Hall–Kier alpha value is -0.980. The number of hydrogen-bond acceptors (Lipinski definition) is 0. The molecule has 0 atom stereocenters. The molecule has 0 aromatic heterocycles. The van der Waals surface area contributed by atoms with E-state index < -0.39 is 0 Å². The molecule has 2 rings (SSSR count). The molecular formula is C19H22Cl2. The van der Waals surface area contributed by atoms with E-state index in [1.165, 1.54) is 11.1 Å². The van der Waals surface area contributed by atoms with Crippen LogP contribution in [0.5, 0.6) is 0 Å². The highest BCUT2D eigenvalue weighted by molar-refractivity contribution is 6.32. The van der Waals surface area contributed by atoms with Gasteiger partial charge >= 0.3 is 0 Å². The first-order chi connectivity index (χ1) is 9.73. The van der Waals surface area contributed by atoms with Gasteiger partial charge in [-0.1, -0.05) is 75.2 Å². The lowest BCUT2D eigenvalue weighted by atomic mass is 9.77. The molecule has 0 radical (unpaired) electrons. The fraction of sp³-hybridized carbons (Fsp3) is 0.368. The van der Waals surface area contributed by atoms with Crippen LogP contribution < -0.4 is 0 Å². The fourth-order valence-corrected chi connectivity index (χ4v) is 3.13. The molecule has 0 spiro atoms. The van der Waals surface area contributed by atoms with Gasteiger partial charge < -0.3 is 0 Å². The highest BCUT2D eigenvalue weighted by Gasteiger charge is 2.26. The number of aryl methyl sites for hydroxylation is 1. The summed E-state index contributed by atoms with van der Waals surface area (Å²) in [5, 5.41) is 1.63. The molecule has 0 nitrogen and oxygen atoms in total. The molecule has 0 unspecified atom stereocenters. The third kappa shape index (κ3) is 3.27. The van der Waals surface area contributed by atoms with E-state index in [0.29, 0.717) is 5.92 Å². The highest BCUT2D eigenvalue weighted by atomic mass is 35.5. The van der Waals surface area contributed by atoms with Crippen molar-refractivity contribution in [3.05, 3.63) is 68.7 Å². The lowest BCUT2D eigenvalue weighted by Gasteiger charge is -2.28. The maximum absolute atomic E-state index is 6.55. The summed E-state index contributed by atoms with van der Waals surface area (Å²) in [7, 11) is 0. The largest absolute Gasteiger partial charge is 0.0841 e. The molecule has 0 aliphatic heterocycles. The average molecular weight is 321 g/mol. The summed E-state index contributed by atoms with van der Waals surface area (Å²) in [5.74, 6) is 0.484. The molecule has 21 heavy (non-hydrogen) atoms. The van der Waals surface area contributed by atoms with Gasteiger partial charge in [0.05, 0.1) is 0 Å². The quantitative estimate of drug-likeness (QED) is 0.586. The van der Waals surface area contributed by atoms with E-state index in [-0.39, 0.29) is 5.41 Å². The van der Waals surface area contributed by atoms with Crippen molar-refractivity contribution in [1.29, 1.82) is 0 Å². The minimum absolute atomic E-state index is 0.151. The standard InChI is InChI=1S/C19H22Cl2/c1-12(2)14-6-8-16(18(21)11-14)19(4,5)15-7-9-17(20)13(3)10-15/h6-12H,1-5H3. The second kappa shape index (κ2) is 6.02. The molecule has 2 aromatic rings. The molecule has 112 valence electrons. The van der Waals surface area contributed by atoms with Crippen molar-refractivity contribution in [2.24, 2.45) is 0 Å². The van der Waals surface area contributed by atoms with Crippen molar-refractivity contribution in [1.82, 2.24) is 0 Å². The SMILES string of the molecule is Cc1cc(C(C)(C)c2ccc(C(C)C)cc2Cl)ccc1Cl. The summed E-state index contributed by atoms with van der Waals surface area (Å²) < 4.78 is 0. The van der Waals surface area contributed by atoms with E-state index in [2.05, 4.69) is 58.0 Å². The number of rotatable bonds is 3. The molecule has 0 aliphatic carbocycles. The monoisotopic (exact) mass is 320 g/mol. The van der Waals surface area contributed by atoms with E-state index in [9.17, 15) is 0 Å². The average Bonchev–Trinajstić information content (AvgIpc) is 2.41. The van der Waals surface area contributed by atoms with E-state index in [1.54, 1.807) is 0 Å². The molecule has 0 heterocycles. The summed E-state index contributed by atoms with van der Waals surface area (Å²) in [6, 6.07) is 12.6. The van der Waals surface area contributed by atoms with Crippen LogP contribution >= 0.6 is 23.2 Å². The molecule has 0 aliphatic rings. The molecule has 0 saturated heterocycles. The molecule has 0 N–H and O–H groups in total. The van der Waals surface area contributed by atoms with Crippen LogP contribution in [0.3, 0.4) is 0 Å². The molecule has 0 saturated carbocycles. The Morgan fingerprint density at radius 2 is 1.57 bits per heavy atom. The second-order valence-electron chi connectivity index (χ2n) is 6.48. The first-order valence-electron chi connectivity index (χ1n) is 7.30. The Morgan fingerprint density at radius 1 is 0.905 bits per heavy atom. The van der Waals surface area contributed by atoms with E-state index >= 15 is 0 Å². The molecule has 0 amide bonds. The van der Waals surface area contributed by atoms with Gasteiger partial charge in [-0.25, -0.2) is 0 Å². The Balaban J connectivity index is 2.50. The van der Waals surface area contributed by atoms with Crippen LogP contribution in [0.25, 0.3) is 0 Å². The van der Waals surface area contributed by atoms with Gasteiger partial charge in [-0.2, -0.15) is 0 Å². The molecule has 0 bridgehead atoms. The van der Waals surface area contributed by atoms with Crippen molar-refractivity contribution in [3.63, 3.8) is 0 Å². The van der Waals surface area contributed by atoms with Gasteiger partial charge in [0.1, 0.15) is 0 Å². The van der Waals surface area contributed by atoms with Crippen molar-refractivity contribution in [2.45, 2.75) is 46.0 Å². The zero-order chi connectivity index (χ0) is 15.8. The molecule has 2 aromatic carbocycles. The lowest BCUT2D eigenvalue weighted by molar-refractivity contribution is 0.639. The van der Waals surface area contributed by atoms with Crippen LogP contribution in [0.15, 0.2) is 36.4 Å². The zero-order valence-corrected chi connectivity index (χ0v) is 14.8. The second-order valence-corrected chi connectivity index (χ2v) is 7.30. The summed E-state index contributed by atoms with van der Waals surface area (Å²) in [6.45, 7) is 10.8. The van der Waals surface area contributed by atoms with Gasteiger partial charge in [-0.05, 0) is 47.2 Å². The van der Waals surface area contributed by atoms with Gasteiger partial charge in [0.15, 0.2) is 0 Å². The van der Waals surface area contributed by atoms with Crippen LogP contribution in [0.1, 0.15) is 55.9 Å². The summed E-state index contributed by atoms with van der Waals surface area (Å²) in [4.78, 5) is 0. The number of halogens is 2. The van der Waals surface area contributed by atoms with E-state index in [0.717, 1.165) is 21.2 Å². The van der Waals surface area contributed by atoms with Crippen molar-refractivity contribution in [3.8, 4) is 0 Å². The Labute approximate surface area is 138 Å². The van der Waals surface area contributed by atoms with Crippen molar-refractivity contribution >= 4 is 23.2 Å². The third-order valence-electron chi connectivity index (χ3n) is 4.21. The summed E-state index contributed by atoms with van der Waals surface area (Å²) in [6.07, 6.45) is 0. The molecular weight excluding hydrogens is 299 g/mol. The van der Waals surface area contributed by atoms with E-state index in [4.69, 9.17) is 23.2 Å². The first-order valence-corrected chi connectivity index (χ1v) is 8.05. The molecule has 0 fully saturated rings.